The molecule has 44 heavy (non-hydrogen) atoms. The largest absolute Gasteiger partial charge is 0.444 e. The third-order valence-corrected chi connectivity index (χ3v) is 8.73. The fourth-order valence-electron chi connectivity index (χ4n) is 5.31. The van der Waals surface area contributed by atoms with Gasteiger partial charge in [0.15, 0.2) is 0 Å². The van der Waals surface area contributed by atoms with Crippen LogP contribution in [-0.2, 0) is 17.6 Å². The minimum atomic E-state index is -0.677. The summed E-state index contributed by atoms with van der Waals surface area (Å²) < 4.78 is 10.4. The third-order valence-electron chi connectivity index (χ3n) is 7.68. The van der Waals surface area contributed by atoms with Crippen molar-refractivity contribution in [2.75, 3.05) is 11.9 Å². The van der Waals surface area contributed by atoms with Crippen molar-refractivity contribution in [2.45, 2.75) is 72.4 Å². The average molecular weight is 618 g/mol. The molecule has 1 aromatic carbocycles. The number of nitrogens with one attached hydrogen (secondary N) is 3. The fraction of sp³-hybridized carbons (Fsp3) is 0.424. The lowest BCUT2D eigenvalue weighted by Gasteiger charge is -2.34. The fourth-order valence-corrected chi connectivity index (χ4v) is 6.25. The quantitative estimate of drug-likeness (QED) is 0.210. The molecule has 0 fully saturated rings. The summed E-state index contributed by atoms with van der Waals surface area (Å²) in [6.45, 7) is 12.3. The number of fused-ring (bicyclic) bond motifs is 2. The molecule has 232 valence electrons. The van der Waals surface area contributed by atoms with Crippen LogP contribution in [0.2, 0.25) is 0 Å². The normalized spacial score (nSPS) is 15.7. The number of pyridine rings is 1. The van der Waals surface area contributed by atoms with Crippen molar-refractivity contribution in [3.8, 4) is 0 Å². The molecular weight excluding hydrogens is 578 g/mol. The average Bonchev–Trinajstić information content (AvgIpc) is 3.63. The number of hydrogen-bond donors (Lipinski definition) is 3. The lowest BCUT2D eigenvalue weighted by molar-refractivity contribution is 0.0519. The number of anilines is 1. The SMILES string of the molecule is CC(C)(C)OC(=O)NC[C@H](NC(=O)c1cc2cc3c(nc2s1)CC[C@@H](C(C)(C)C)C3)c1cccc(NC(=O)c2ccno2)c1. The van der Waals surface area contributed by atoms with Gasteiger partial charge in [0.05, 0.1) is 17.1 Å². The predicted molar refractivity (Wildman–Crippen MR) is 170 cm³/mol. The molecule has 5 rings (SSSR count). The first-order valence-corrected chi connectivity index (χ1v) is 15.6. The van der Waals surface area contributed by atoms with E-state index in [1.165, 1.54) is 29.2 Å². The molecule has 0 radical (unpaired) electrons. The van der Waals surface area contributed by atoms with E-state index < -0.39 is 23.6 Å². The molecule has 1 aliphatic rings. The van der Waals surface area contributed by atoms with Crippen molar-refractivity contribution < 1.29 is 23.6 Å². The first-order chi connectivity index (χ1) is 20.7. The number of hydrogen-bond acceptors (Lipinski definition) is 8. The molecule has 3 heterocycles. The van der Waals surface area contributed by atoms with Gasteiger partial charge in [-0.25, -0.2) is 9.78 Å². The first kappa shape index (κ1) is 31.2. The smallest absolute Gasteiger partial charge is 0.407 e. The Balaban J connectivity index is 1.37. The van der Waals surface area contributed by atoms with E-state index in [9.17, 15) is 14.4 Å². The molecule has 0 spiro atoms. The van der Waals surface area contributed by atoms with Gasteiger partial charge in [0.2, 0.25) is 5.76 Å². The number of alkyl carbamates (subject to hydrolysis) is 1. The zero-order valence-corrected chi connectivity index (χ0v) is 26.8. The topological polar surface area (TPSA) is 135 Å². The van der Waals surface area contributed by atoms with Crippen LogP contribution in [0.1, 0.15) is 91.1 Å². The van der Waals surface area contributed by atoms with Gasteiger partial charge in [-0.15, -0.1) is 11.3 Å². The predicted octanol–water partition coefficient (Wildman–Crippen LogP) is 6.68. The number of amides is 3. The Bertz CT molecular complexity index is 1670. The summed E-state index contributed by atoms with van der Waals surface area (Å²) in [5.74, 6) is -0.0851. The highest BCUT2D eigenvalue weighted by Gasteiger charge is 2.30. The second kappa shape index (κ2) is 12.4. The van der Waals surface area contributed by atoms with E-state index in [1.54, 1.807) is 39.0 Å². The molecule has 0 bridgehead atoms. The molecule has 2 atom stereocenters. The maximum Gasteiger partial charge on any atom is 0.407 e. The molecule has 0 unspecified atom stereocenters. The standard InChI is InChI=1S/C33H39N5O5S/c1-32(2,3)22-10-11-24-20(15-22)14-21-17-27(44-30(21)38-24)29(40)37-25(18-34-31(41)42-33(4,5)6)19-8-7-9-23(16-19)36-28(39)26-12-13-35-43-26/h7-9,12-14,16-17,22,25H,10-11,15,18H2,1-6H3,(H,34,41)(H,36,39)(H,37,40)/t22-,25+/m1/s1. The summed E-state index contributed by atoms with van der Waals surface area (Å²) in [7, 11) is 0. The van der Waals surface area contributed by atoms with Crippen LogP contribution in [-0.4, -0.2) is 40.2 Å². The number of benzene rings is 1. The van der Waals surface area contributed by atoms with E-state index in [4.69, 9.17) is 14.2 Å². The van der Waals surface area contributed by atoms with Crippen LogP contribution in [0.15, 0.2) is 53.2 Å². The summed E-state index contributed by atoms with van der Waals surface area (Å²) in [6, 6.07) is 11.9. The van der Waals surface area contributed by atoms with Gasteiger partial charge < -0.3 is 25.2 Å². The number of aromatic nitrogens is 2. The Labute approximate surface area is 260 Å². The van der Waals surface area contributed by atoms with E-state index in [0.717, 1.165) is 35.2 Å². The number of ether oxygens (including phenoxy) is 1. The Morgan fingerprint density at radius 3 is 2.57 bits per heavy atom. The van der Waals surface area contributed by atoms with Crippen LogP contribution >= 0.6 is 11.3 Å². The van der Waals surface area contributed by atoms with Gasteiger partial charge in [-0.05, 0) is 86.8 Å². The second-order valence-corrected chi connectivity index (χ2v) is 14.3. The number of carbonyl (C=O) groups excluding carboxylic acids is 3. The number of thiophene rings is 1. The van der Waals surface area contributed by atoms with E-state index >= 15 is 0 Å². The highest BCUT2D eigenvalue weighted by atomic mass is 32.1. The van der Waals surface area contributed by atoms with Gasteiger partial charge >= 0.3 is 6.09 Å². The molecule has 4 aromatic rings. The summed E-state index contributed by atoms with van der Waals surface area (Å²) in [5.41, 5.74) is 3.10. The molecule has 10 nitrogen and oxygen atoms in total. The van der Waals surface area contributed by atoms with Crippen molar-refractivity contribution in [2.24, 2.45) is 11.3 Å². The molecule has 3 amide bonds. The van der Waals surface area contributed by atoms with E-state index in [-0.39, 0.29) is 23.6 Å². The van der Waals surface area contributed by atoms with Crippen molar-refractivity contribution in [1.29, 1.82) is 0 Å². The van der Waals surface area contributed by atoms with E-state index in [2.05, 4.69) is 47.9 Å². The maximum atomic E-state index is 13.6. The molecule has 3 N–H and O–H groups in total. The maximum absolute atomic E-state index is 13.6. The van der Waals surface area contributed by atoms with Gasteiger partial charge in [-0.2, -0.15) is 0 Å². The van der Waals surface area contributed by atoms with Gasteiger partial charge in [0, 0.05) is 29.4 Å². The van der Waals surface area contributed by atoms with Crippen molar-refractivity contribution in [3.05, 3.63) is 76.1 Å². The van der Waals surface area contributed by atoms with Crippen LogP contribution in [0, 0.1) is 11.3 Å². The Morgan fingerprint density at radius 2 is 1.86 bits per heavy atom. The van der Waals surface area contributed by atoms with Crippen LogP contribution in [0.4, 0.5) is 10.5 Å². The summed E-state index contributed by atoms with van der Waals surface area (Å²) in [5, 5.41) is 13.1. The molecule has 1 aliphatic carbocycles. The number of carbonyl (C=O) groups is 3. The molecule has 0 aliphatic heterocycles. The van der Waals surface area contributed by atoms with Gasteiger partial charge in [-0.1, -0.05) is 38.1 Å². The van der Waals surface area contributed by atoms with Gasteiger partial charge in [0.25, 0.3) is 11.8 Å². The lowest BCUT2D eigenvalue weighted by atomic mass is 9.71. The Hall–Kier alpha value is -4.25. The van der Waals surface area contributed by atoms with Crippen molar-refractivity contribution in [1.82, 2.24) is 20.8 Å². The van der Waals surface area contributed by atoms with Crippen LogP contribution < -0.4 is 16.0 Å². The van der Waals surface area contributed by atoms with Crippen LogP contribution in [0.5, 0.6) is 0 Å². The molecule has 0 saturated carbocycles. The monoisotopic (exact) mass is 617 g/mol. The van der Waals surface area contributed by atoms with E-state index in [1.807, 2.05) is 12.1 Å². The van der Waals surface area contributed by atoms with Crippen molar-refractivity contribution >= 4 is 45.1 Å². The molecular formula is C33H39N5O5S. The molecule has 0 saturated heterocycles. The molecule has 11 heteroatoms. The Kier molecular flexibility index (Phi) is 8.78. The zero-order valence-electron chi connectivity index (χ0n) is 25.9. The number of rotatable bonds is 7. The van der Waals surface area contributed by atoms with Gasteiger partial charge in [-0.3, -0.25) is 9.59 Å². The van der Waals surface area contributed by atoms with Crippen LogP contribution in [0.25, 0.3) is 10.2 Å². The minimum Gasteiger partial charge on any atom is -0.444 e. The second-order valence-electron chi connectivity index (χ2n) is 13.3. The first-order valence-electron chi connectivity index (χ1n) is 14.8. The van der Waals surface area contributed by atoms with Gasteiger partial charge in [0.1, 0.15) is 10.4 Å². The third kappa shape index (κ3) is 7.63. The van der Waals surface area contributed by atoms with Crippen LogP contribution in [0.3, 0.4) is 0 Å². The lowest BCUT2D eigenvalue weighted by Crippen LogP contribution is -2.40. The summed E-state index contributed by atoms with van der Waals surface area (Å²) >= 11 is 1.36. The summed E-state index contributed by atoms with van der Waals surface area (Å²) in [6.07, 6.45) is 3.82. The Morgan fingerprint density at radius 1 is 1.07 bits per heavy atom. The number of nitrogens with zero attached hydrogens (tertiary/aromatic N) is 2. The highest BCUT2D eigenvalue weighted by Crippen LogP contribution is 2.38. The molecule has 3 aromatic heterocycles. The van der Waals surface area contributed by atoms with Crippen molar-refractivity contribution in [3.63, 3.8) is 0 Å². The minimum absolute atomic E-state index is 0.0613. The highest BCUT2D eigenvalue weighted by molar-refractivity contribution is 7.20. The van der Waals surface area contributed by atoms with E-state index in [0.29, 0.717) is 22.0 Å². The summed E-state index contributed by atoms with van der Waals surface area (Å²) in [4.78, 5) is 45.0. The zero-order chi connectivity index (χ0) is 31.6. The number of aryl methyl sites for hydroxylation is 1.